The minimum atomic E-state index is -0.765. The average molecular weight is 250 g/mol. The fourth-order valence-corrected chi connectivity index (χ4v) is 2.36. The van der Waals surface area contributed by atoms with Gasteiger partial charge in [-0.05, 0) is 19.9 Å². The van der Waals surface area contributed by atoms with Gasteiger partial charge in [0.25, 0.3) is 0 Å². The zero-order valence-corrected chi connectivity index (χ0v) is 10.5. The van der Waals surface area contributed by atoms with Crippen LogP contribution in [0.4, 0.5) is 5.69 Å². The minimum Gasteiger partial charge on any atom is -0.389 e. The molecule has 6 heteroatoms. The molecule has 18 heavy (non-hydrogen) atoms. The first-order valence-electron chi connectivity index (χ1n) is 5.84. The topological polar surface area (TPSA) is 106 Å². The van der Waals surface area contributed by atoms with Crippen LogP contribution in [0.2, 0.25) is 0 Å². The Hall–Kier alpha value is -1.66. The summed E-state index contributed by atoms with van der Waals surface area (Å²) in [4.78, 5) is 6.13. The average Bonchev–Trinajstić information content (AvgIpc) is 2.57. The molecule has 1 aromatic rings. The highest BCUT2D eigenvalue weighted by atomic mass is 16.3. The van der Waals surface area contributed by atoms with Gasteiger partial charge < -0.3 is 20.8 Å². The molecule has 2 atom stereocenters. The SMILES string of the molecule is Cc1cc(N2CC(O)C(O)C2)c(C(=N)N)c(C)n1. The first-order valence-corrected chi connectivity index (χ1v) is 5.84. The van der Waals surface area contributed by atoms with Crippen molar-refractivity contribution in [2.24, 2.45) is 5.73 Å². The van der Waals surface area contributed by atoms with Crippen molar-refractivity contribution in [3.05, 3.63) is 23.0 Å². The standard InChI is InChI=1S/C12H18N4O2/c1-6-3-8(11(12(13)14)7(2)15-6)16-4-9(17)10(18)5-16/h3,9-10,17-18H,4-5H2,1-2H3,(H3,13,14). The third kappa shape index (κ3) is 2.16. The third-order valence-electron chi connectivity index (χ3n) is 3.18. The highest BCUT2D eigenvalue weighted by Crippen LogP contribution is 2.27. The quantitative estimate of drug-likeness (QED) is 0.419. The van der Waals surface area contributed by atoms with Crippen LogP contribution >= 0.6 is 0 Å². The Kier molecular flexibility index (Phi) is 3.23. The first-order chi connectivity index (χ1) is 8.40. The van der Waals surface area contributed by atoms with E-state index in [0.29, 0.717) is 24.3 Å². The number of nitrogens with one attached hydrogen (secondary N) is 1. The van der Waals surface area contributed by atoms with E-state index in [1.807, 2.05) is 17.9 Å². The summed E-state index contributed by atoms with van der Waals surface area (Å²) in [5.74, 6) is -0.0501. The number of hydrogen-bond acceptors (Lipinski definition) is 5. The van der Waals surface area contributed by atoms with Crippen LogP contribution in [0.15, 0.2) is 6.07 Å². The van der Waals surface area contributed by atoms with Gasteiger partial charge in [-0.15, -0.1) is 0 Å². The summed E-state index contributed by atoms with van der Waals surface area (Å²) in [6.07, 6.45) is -1.53. The monoisotopic (exact) mass is 250 g/mol. The van der Waals surface area contributed by atoms with E-state index in [9.17, 15) is 10.2 Å². The molecule has 1 aliphatic heterocycles. The number of aromatic nitrogens is 1. The Morgan fingerprint density at radius 3 is 2.44 bits per heavy atom. The molecule has 2 rings (SSSR count). The van der Waals surface area contributed by atoms with E-state index in [4.69, 9.17) is 11.1 Å². The van der Waals surface area contributed by atoms with Crippen molar-refractivity contribution in [3.8, 4) is 0 Å². The lowest BCUT2D eigenvalue weighted by molar-refractivity contribution is 0.0572. The molecule has 0 aliphatic carbocycles. The van der Waals surface area contributed by atoms with Crippen LogP contribution in [0, 0.1) is 19.3 Å². The third-order valence-corrected chi connectivity index (χ3v) is 3.18. The number of nitrogens with two attached hydrogens (primary N) is 1. The summed E-state index contributed by atoms with van der Waals surface area (Å²) in [5.41, 5.74) is 8.43. The summed E-state index contributed by atoms with van der Waals surface area (Å²) >= 11 is 0. The Morgan fingerprint density at radius 2 is 1.94 bits per heavy atom. The Labute approximate surface area is 106 Å². The van der Waals surface area contributed by atoms with Crippen molar-refractivity contribution in [2.45, 2.75) is 26.1 Å². The largest absolute Gasteiger partial charge is 0.389 e. The van der Waals surface area contributed by atoms with Gasteiger partial charge in [0.15, 0.2) is 0 Å². The number of aliphatic hydroxyl groups excluding tert-OH is 2. The molecule has 1 aliphatic rings. The fraction of sp³-hybridized carbons (Fsp3) is 0.500. The number of rotatable bonds is 2. The van der Waals surface area contributed by atoms with Crippen LogP contribution in [-0.2, 0) is 0 Å². The highest BCUT2D eigenvalue weighted by Gasteiger charge is 2.31. The van der Waals surface area contributed by atoms with Gasteiger partial charge in [-0.25, -0.2) is 0 Å². The number of nitrogen functional groups attached to an aromatic ring is 1. The van der Waals surface area contributed by atoms with Crippen molar-refractivity contribution in [2.75, 3.05) is 18.0 Å². The van der Waals surface area contributed by atoms with Crippen LogP contribution in [0.3, 0.4) is 0 Å². The number of aliphatic hydroxyl groups is 2. The van der Waals surface area contributed by atoms with Crippen molar-refractivity contribution >= 4 is 11.5 Å². The molecule has 0 bridgehead atoms. The lowest BCUT2D eigenvalue weighted by Gasteiger charge is -2.22. The van der Waals surface area contributed by atoms with E-state index >= 15 is 0 Å². The van der Waals surface area contributed by atoms with Crippen LogP contribution < -0.4 is 10.6 Å². The maximum atomic E-state index is 9.61. The Balaban J connectivity index is 2.47. The van der Waals surface area contributed by atoms with Gasteiger partial charge in [0, 0.05) is 18.8 Å². The van der Waals surface area contributed by atoms with Crippen LogP contribution in [0.25, 0.3) is 0 Å². The maximum absolute atomic E-state index is 9.61. The van der Waals surface area contributed by atoms with E-state index in [0.717, 1.165) is 11.4 Å². The number of pyridine rings is 1. The Morgan fingerprint density at radius 1 is 1.39 bits per heavy atom. The smallest absolute Gasteiger partial charge is 0.126 e. The number of amidine groups is 1. The molecular formula is C12H18N4O2. The number of aryl methyl sites for hydroxylation is 2. The fourth-order valence-electron chi connectivity index (χ4n) is 2.36. The lowest BCUT2D eigenvalue weighted by Crippen LogP contribution is -2.26. The molecule has 0 spiro atoms. The molecule has 1 fully saturated rings. The van der Waals surface area contributed by atoms with Crippen LogP contribution in [-0.4, -0.2) is 46.3 Å². The zero-order chi connectivity index (χ0) is 13.4. The molecular weight excluding hydrogens is 232 g/mol. The summed E-state index contributed by atoms with van der Waals surface area (Å²) in [6.45, 7) is 4.34. The molecule has 0 aromatic carbocycles. The molecule has 6 nitrogen and oxygen atoms in total. The van der Waals surface area contributed by atoms with Gasteiger partial charge >= 0.3 is 0 Å². The number of nitrogens with zero attached hydrogens (tertiary/aromatic N) is 2. The highest BCUT2D eigenvalue weighted by molar-refractivity contribution is 6.01. The second-order valence-electron chi connectivity index (χ2n) is 4.70. The predicted molar refractivity (Wildman–Crippen MR) is 69.0 cm³/mol. The van der Waals surface area contributed by atoms with Gasteiger partial charge in [0.2, 0.25) is 0 Å². The van der Waals surface area contributed by atoms with Gasteiger partial charge in [-0.1, -0.05) is 0 Å². The number of hydrogen-bond donors (Lipinski definition) is 4. The van der Waals surface area contributed by atoms with E-state index in [1.165, 1.54) is 0 Å². The van der Waals surface area contributed by atoms with Gasteiger partial charge in [0.1, 0.15) is 5.84 Å². The Bertz CT molecular complexity index is 479. The van der Waals surface area contributed by atoms with Crippen molar-refractivity contribution < 1.29 is 10.2 Å². The van der Waals surface area contributed by atoms with Crippen LogP contribution in [0.5, 0.6) is 0 Å². The van der Waals surface area contributed by atoms with Crippen molar-refractivity contribution in [1.29, 1.82) is 5.41 Å². The number of anilines is 1. The summed E-state index contributed by atoms with van der Waals surface area (Å²) in [6, 6.07) is 1.83. The molecule has 1 saturated heterocycles. The van der Waals surface area contributed by atoms with E-state index in [2.05, 4.69) is 4.98 Å². The molecule has 0 saturated carbocycles. The van der Waals surface area contributed by atoms with Gasteiger partial charge in [0.05, 0.1) is 29.2 Å². The first kappa shape index (κ1) is 12.8. The predicted octanol–water partition coefficient (Wildman–Crippen LogP) is -0.476. The second kappa shape index (κ2) is 4.55. The van der Waals surface area contributed by atoms with Gasteiger partial charge in [-0.3, -0.25) is 10.4 Å². The molecule has 2 heterocycles. The zero-order valence-electron chi connectivity index (χ0n) is 10.5. The maximum Gasteiger partial charge on any atom is 0.126 e. The summed E-state index contributed by atoms with van der Waals surface area (Å²) in [7, 11) is 0. The van der Waals surface area contributed by atoms with Gasteiger partial charge in [-0.2, -0.15) is 0 Å². The minimum absolute atomic E-state index is 0.0501. The molecule has 0 amide bonds. The lowest BCUT2D eigenvalue weighted by atomic mass is 10.1. The van der Waals surface area contributed by atoms with Crippen LogP contribution in [0.1, 0.15) is 17.0 Å². The molecule has 2 unspecified atom stereocenters. The van der Waals surface area contributed by atoms with Crippen molar-refractivity contribution in [3.63, 3.8) is 0 Å². The van der Waals surface area contributed by atoms with E-state index < -0.39 is 12.2 Å². The molecule has 1 aromatic heterocycles. The summed E-state index contributed by atoms with van der Waals surface area (Å²) in [5, 5.41) is 26.8. The number of β-amino-alcohol motifs (C(OH)–C–C–N with tert-alkyl or cyclic N) is 2. The second-order valence-corrected chi connectivity index (χ2v) is 4.70. The van der Waals surface area contributed by atoms with E-state index in [1.54, 1.807) is 6.92 Å². The van der Waals surface area contributed by atoms with Crippen molar-refractivity contribution in [1.82, 2.24) is 4.98 Å². The summed E-state index contributed by atoms with van der Waals surface area (Å²) < 4.78 is 0. The van der Waals surface area contributed by atoms with E-state index in [-0.39, 0.29) is 5.84 Å². The normalized spacial score (nSPS) is 23.4. The molecule has 98 valence electrons. The molecule has 5 N–H and O–H groups in total. The molecule has 0 radical (unpaired) electrons.